The Morgan fingerprint density at radius 3 is 2.73 bits per heavy atom. The van der Waals surface area contributed by atoms with Crippen LogP contribution in [0.5, 0.6) is 0 Å². The van der Waals surface area contributed by atoms with Crippen molar-refractivity contribution in [1.82, 2.24) is 15.1 Å². The lowest BCUT2D eigenvalue weighted by atomic mass is 10.2. The number of likely N-dealkylation sites (N-methyl/N-ethyl adjacent to an activating group) is 1. The molecule has 22 heavy (non-hydrogen) atoms. The Morgan fingerprint density at radius 1 is 1.41 bits per heavy atom. The zero-order chi connectivity index (χ0) is 15.9. The van der Waals surface area contributed by atoms with E-state index >= 15 is 0 Å². The molecule has 5 heteroatoms. The Morgan fingerprint density at radius 2 is 2.14 bits per heavy atom. The Labute approximate surface area is 139 Å². The molecular weight excluding hydrogens is 296 g/mol. The van der Waals surface area contributed by atoms with Crippen molar-refractivity contribution < 1.29 is 0 Å². The normalized spacial score (nSPS) is 19.5. The predicted octanol–water partition coefficient (Wildman–Crippen LogP) is 2.83. The van der Waals surface area contributed by atoms with Gasteiger partial charge in [0.25, 0.3) is 0 Å². The van der Waals surface area contributed by atoms with E-state index < -0.39 is 0 Å². The molecule has 4 nitrogen and oxygen atoms in total. The van der Waals surface area contributed by atoms with Gasteiger partial charge in [0.1, 0.15) is 0 Å². The lowest BCUT2D eigenvalue weighted by Crippen LogP contribution is -2.39. The fourth-order valence-electron chi connectivity index (χ4n) is 2.81. The first-order chi connectivity index (χ1) is 10.6. The molecule has 1 aromatic rings. The monoisotopic (exact) mass is 322 g/mol. The van der Waals surface area contributed by atoms with Crippen molar-refractivity contribution in [2.75, 3.05) is 33.7 Å². The predicted molar refractivity (Wildman–Crippen MR) is 94.5 cm³/mol. The third-order valence-corrected chi connectivity index (χ3v) is 4.40. The molecule has 1 atom stereocenters. The zero-order valence-corrected chi connectivity index (χ0v) is 14.6. The third kappa shape index (κ3) is 4.89. The van der Waals surface area contributed by atoms with Crippen LogP contribution in [-0.2, 0) is 6.54 Å². The average molecular weight is 323 g/mol. The highest BCUT2D eigenvalue weighted by molar-refractivity contribution is 6.30. The summed E-state index contributed by atoms with van der Waals surface area (Å²) in [6, 6.07) is 8.57. The first-order valence-electron chi connectivity index (χ1n) is 8.04. The van der Waals surface area contributed by atoms with Gasteiger partial charge < -0.3 is 15.1 Å². The second-order valence-electron chi connectivity index (χ2n) is 5.95. The Bertz CT molecular complexity index is 486. The second-order valence-corrected chi connectivity index (χ2v) is 6.39. The molecule has 1 fully saturated rings. The van der Waals surface area contributed by atoms with Crippen molar-refractivity contribution in [3.8, 4) is 0 Å². The van der Waals surface area contributed by atoms with Crippen LogP contribution in [0.1, 0.15) is 25.3 Å². The molecule has 0 aromatic heterocycles. The van der Waals surface area contributed by atoms with Gasteiger partial charge in [0.2, 0.25) is 0 Å². The zero-order valence-electron chi connectivity index (χ0n) is 13.8. The van der Waals surface area contributed by atoms with Crippen molar-refractivity contribution in [3.63, 3.8) is 0 Å². The lowest BCUT2D eigenvalue weighted by Gasteiger charge is -2.24. The molecule has 122 valence electrons. The highest BCUT2D eigenvalue weighted by Crippen LogP contribution is 2.15. The smallest absolute Gasteiger partial charge is 0.194 e. The summed E-state index contributed by atoms with van der Waals surface area (Å²) in [6.45, 7) is 5.86. The summed E-state index contributed by atoms with van der Waals surface area (Å²) in [5, 5.41) is 4.16. The van der Waals surface area contributed by atoms with E-state index in [0.717, 1.165) is 30.6 Å². The van der Waals surface area contributed by atoms with Crippen molar-refractivity contribution in [2.24, 2.45) is 4.99 Å². The summed E-state index contributed by atoms with van der Waals surface area (Å²) in [5.74, 6) is 0.970. The van der Waals surface area contributed by atoms with Gasteiger partial charge in [-0.1, -0.05) is 23.7 Å². The van der Waals surface area contributed by atoms with Crippen molar-refractivity contribution in [3.05, 3.63) is 34.9 Å². The number of nitrogens with zero attached hydrogens (tertiary/aromatic N) is 3. The molecule has 0 bridgehead atoms. The third-order valence-electron chi connectivity index (χ3n) is 4.15. The standard InChI is InChI=1S/C17H27ClN4/c1-4-19-17(20-12-16-6-5-11-21(16)2)22(3)13-14-7-9-15(18)10-8-14/h7-10,16H,4-6,11-13H2,1-3H3,(H,19,20). The summed E-state index contributed by atoms with van der Waals surface area (Å²) in [5.41, 5.74) is 1.23. The molecule has 0 radical (unpaired) electrons. The molecule has 0 amide bonds. The molecule has 0 aliphatic carbocycles. The maximum atomic E-state index is 5.94. The minimum absolute atomic E-state index is 0.581. The van der Waals surface area contributed by atoms with E-state index in [0.29, 0.717) is 6.04 Å². The van der Waals surface area contributed by atoms with E-state index in [2.05, 4.69) is 48.3 Å². The molecule has 0 spiro atoms. The van der Waals surface area contributed by atoms with Crippen LogP contribution in [0.3, 0.4) is 0 Å². The topological polar surface area (TPSA) is 30.9 Å². The van der Waals surface area contributed by atoms with Gasteiger partial charge in [-0.15, -0.1) is 0 Å². The van der Waals surface area contributed by atoms with Crippen LogP contribution in [0.2, 0.25) is 5.02 Å². The van der Waals surface area contributed by atoms with Crippen LogP contribution in [0.25, 0.3) is 0 Å². The van der Waals surface area contributed by atoms with Crippen molar-refractivity contribution >= 4 is 17.6 Å². The van der Waals surface area contributed by atoms with E-state index in [1.165, 1.54) is 24.9 Å². The molecule has 1 N–H and O–H groups in total. The second kappa shape index (κ2) is 8.39. The van der Waals surface area contributed by atoms with Crippen molar-refractivity contribution in [2.45, 2.75) is 32.4 Å². The molecule has 2 rings (SSSR count). The van der Waals surface area contributed by atoms with Crippen LogP contribution in [0.4, 0.5) is 0 Å². The molecule has 1 aliphatic rings. The van der Waals surface area contributed by atoms with Gasteiger partial charge >= 0.3 is 0 Å². The maximum absolute atomic E-state index is 5.94. The first-order valence-corrected chi connectivity index (χ1v) is 8.42. The van der Waals surface area contributed by atoms with E-state index in [4.69, 9.17) is 16.6 Å². The summed E-state index contributed by atoms with van der Waals surface area (Å²) >= 11 is 5.94. The fraction of sp³-hybridized carbons (Fsp3) is 0.588. The molecule has 1 aliphatic heterocycles. The number of hydrogen-bond acceptors (Lipinski definition) is 2. The minimum atomic E-state index is 0.581. The Kier molecular flexibility index (Phi) is 6.52. The number of likely N-dealkylation sites (tertiary alicyclic amines) is 1. The fourth-order valence-corrected chi connectivity index (χ4v) is 2.94. The van der Waals surface area contributed by atoms with Crippen molar-refractivity contribution in [1.29, 1.82) is 0 Å². The van der Waals surface area contributed by atoms with Gasteiger partial charge in [0.15, 0.2) is 5.96 Å². The van der Waals surface area contributed by atoms with Gasteiger partial charge in [0, 0.05) is 31.2 Å². The number of benzene rings is 1. The number of nitrogens with one attached hydrogen (secondary N) is 1. The average Bonchev–Trinajstić information content (AvgIpc) is 2.91. The van der Waals surface area contributed by atoms with E-state index in [1.807, 2.05) is 12.1 Å². The van der Waals surface area contributed by atoms with E-state index in [-0.39, 0.29) is 0 Å². The Balaban J connectivity index is 1.97. The summed E-state index contributed by atoms with van der Waals surface area (Å²) in [7, 11) is 4.27. The van der Waals surface area contributed by atoms with Crippen LogP contribution in [-0.4, -0.2) is 55.5 Å². The molecule has 0 saturated carbocycles. The van der Waals surface area contributed by atoms with Crippen LogP contribution < -0.4 is 5.32 Å². The molecule has 1 aromatic carbocycles. The largest absolute Gasteiger partial charge is 0.357 e. The van der Waals surface area contributed by atoms with Gasteiger partial charge in [-0.3, -0.25) is 4.99 Å². The van der Waals surface area contributed by atoms with Gasteiger partial charge in [-0.2, -0.15) is 0 Å². The molecule has 1 unspecified atom stereocenters. The molecular formula is C17H27ClN4. The van der Waals surface area contributed by atoms with Crippen LogP contribution in [0, 0.1) is 0 Å². The Hall–Kier alpha value is -1.26. The molecule has 1 heterocycles. The maximum Gasteiger partial charge on any atom is 0.194 e. The van der Waals surface area contributed by atoms with Gasteiger partial charge in [0.05, 0.1) is 6.54 Å². The quantitative estimate of drug-likeness (QED) is 0.668. The van der Waals surface area contributed by atoms with Gasteiger partial charge in [-0.05, 0) is 51.1 Å². The van der Waals surface area contributed by atoms with E-state index in [9.17, 15) is 0 Å². The minimum Gasteiger partial charge on any atom is -0.357 e. The van der Waals surface area contributed by atoms with E-state index in [1.54, 1.807) is 0 Å². The van der Waals surface area contributed by atoms with Crippen LogP contribution in [0.15, 0.2) is 29.3 Å². The highest BCUT2D eigenvalue weighted by Gasteiger charge is 2.20. The summed E-state index contributed by atoms with van der Waals surface area (Å²) in [6.07, 6.45) is 2.54. The summed E-state index contributed by atoms with van der Waals surface area (Å²) in [4.78, 5) is 9.40. The summed E-state index contributed by atoms with van der Waals surface area (Å²) < 4.78 is 0. The number of hydrogen-bond donors (Lipinski definition) is 1. The highest BCUT2D eigenvalue weighted by atomic mass is 35.5. The van der Waals surface area contributed by atoms with Crippen LogP contribution >= 0.6 is 11.6 Å². The number of halogens is 1. The molecule has 1 saturated heterocycles. The first kappa shape index (κ1) is 17.1. The number of aliphatic imine (C=N–C) groups is 1. The SMILES string of the molecule is CCNC(=NCC1CCCN1C)N(C)Cc1ccc(Cl)cc1. The number of rotatable bonds is 5. The van der Waals surface area contributed by atoms with Gasteiger partial charge in [-0.25, -0.2) is 0 Å². The number of guanidine groups is 1. The lowest BCUT2D eigenvalue weighted by molar-refractivity contribution is 0.316.